The maximum Gasteiger partial charge on any atom is 0.231 e. The van der Waals surface area contributed by atoms with Crippen LogP contribution in [0.25, 0.3) is 0 Å². The van der Waals surface area contributed by atoms with Gasteiger partial charge in [0.25, 0.3) is 0 Å². The Bertz CT molecular complexity index is 792. The third-order valence-electron chi connectivity index (χ3n) is 3.85. The standard InChI is InChI=1S/C17H20N4O3S2/c1-10(2)25-17-20-19-16(26-17)18-15(23)11-8-14(22)21(9-11)12-4-6-13(24-3)7-5-12/h4-7,10-11H,8-9H2,1-3H3,(H,18,19,23)/t11-/m0/s1. The van der Waals surface area contributed by atoms with Crippen molar-refractivity contribution in [2.24, 2.45) is 5.92 Å². The number of hydrogen-bond acceptors (Lipinski definition) is 7. The fraction of sp³-hybridized carbons (Fsp3) is 0.412. The van der Waals surface area contributed by atoms with Crippen LogP contribution in [0.1, 0.15) is 20.3 Å². The Hall–Kier alpha value is -2.13. The molecule has 2 aromatic rings. The van der Waals surface area contributed by atoms with Crippen LogP contribution >= 0.6 is 23.1 Å². The molecule has 0 unspecified atom stereocenters. The van der Waals surface area contributed by atoms with Gasteiger partial charge in [0, 0.05) is 23.9 Å². The third-order valence-corrected chi connectivity index (χ3v) is 5.78. The lowest BCUT2D eigenvalue weighted by Gasteiger charge is -2.16. The zero-order valence-electron chi connectivity index (χ0n) is 14.8. The van der Waals surface area contributed by atoms with Gasteiger partial charge in [-0.3, -0.25) is 9.59 Å². The Morgan fingerprint density at radius 2 is 2.08 bits per heavy atom. The Morgan fingerprint density at radius 1 is 1.35 bits per heavy atom. The van der Waals surface area contributed by atoms with Gasteiger partial charge in [-0.2, -0.15) is 0 Å². The van der Waals surface area contributed by atoms with Crippen LogP contribution in [0.2, 0.25) is 0 Å². The number of benzene rings is 1. The lowest BCUT2D eigenvalue weighted by atomic mass is 10.1. The lowest BCUT2D eigenvalue weighted by Crippen LogP contribution is -2.28. The minimum atomic E-state index is -0.408. The first kappa shape index (κ1) is 18.7. The largest absolute Gasteiger partial charge is 0.497 e. The number of rotatable bonds is 6. The van der Waals surface area contributed by atoms with E-state index in [4.69, 9.17) is 4.74 Å². The molecule has 0 bridgehead atoms. The van der Waals surface area contributed by atoms with Crippen LogP contribution in [0, 0.1) is 5.92 Å². The van der Waals surface area contributed by atoms with Crippen molar-refractivity contribution in [3.05, 3.63) is 24.3 Å². The van der Waals surface area contributed by atoms with E-state index in [0.717, 1.165) is 15.8 Å². The molecule has 0 radical (unpaired) electrons. The fourth-order valence-electron chi connectivity index (χ4n) is 2.61. The molecule has 7 nitrogen and oxygen atoms in total. The van der Waals surface area contributed by atoms with Gasteiger partial charge in [-0.05, 0) is 24.3 Å². The number of nitrogens with one attached hydrogen (secondary N) is 1. The molecule has 1 atom stereocenters. The van der Waals surface area contributed by atoms with Crippen LogP contribution in [-0.2, 0) is 9.59 Å². The lowest BCUT2D eigenvalue weighted by molar-refractivity contribution is -0.122. The first-order chi connectivity index (χ1) is 12.5. The second-order valence-corrected chi connectivity index (χ2v) is 8.93. The van der Waals surface area contributed by atoms with Gasteiger partial charge >= 0.3 is 0 Å². The van der Waals surface area contributed by atoms with Crippen molar-refractivity contribution in [2.45, 2.75) is 29.9 Å². The van der Waals surface area contributed by atoms with E-state index >= 15 is 0 Å². The molecule has 3 rings (SSSR count). The third kappa shape index (κ3) is 4.34. The zero-order chi connectivity index (χ0) is 18.7. The van der Waals surface area contributed by atoms with Gasteiger partial charge in [0.15, 0.2) is 4.34 Å². The molecule has 1 aliphatic heterocycles. The molecule has 26 heavy (non-hydrogen) atoms. The van der Waals surface area contributed by atoms with Crippen molar-refractivity contribution in [1.82, 2.24) is 10.2 Å². The van der Waals surface area contributed by atoms with Gasteiger partial charge in [-0.25, -0.2) is 0 Å². The van der Waals surface area contributed by atoms with E-state index in [0.29, 0.717) is 16.9 Å². The number of nitrogens with zero attached hydrogens (tertiary/aromatic N) is 3. The maximum absolute atomic E-state index is 12.5. The number of carbonyl (C=O) groups is 2. The molecular weight excluding hydrogens is 372 g/mol. The summed E-state index contributed by atoms with van der Waals surface area (Å²) < 4.78 is 5.95. The quantitative estimate of drug-likeness (QED) is 0.601. The SMILES string of the molecule is COc1ccc(N2C[C@@H](C(=O)Nc3nnc(SC(C)C)s3)CC2=O)cc1. The summed E-state index contributed by atoms with van der Waals surface area (Å²) in [5.41, 5.74) is 0.762. The van der Waals surface area contributed by atoms with Crippen molar-refractivity contribution in [2.75, 3.05) is 23.9 Å². The molecule has 1 aromatic heterocycles. The van der Waals surface area contributed by atoms with Crippen molar-refractivity contribution >= 4 is 45.7 Å². The van der Waals surface area contributed by atoms with E-state index in [9.17, 15) is 9.59 Å². The average molecular weight is 393 g/mol. The van der Waals surface area contributed by atoms with Crippen LogP contribution in [-0.4, -0.2) is 40.9 Å². The number of anilines is 2. The second-order valence-electron chi connectivity index (χ2n) is 6.13. The van der Waals surface area contributed by atoms with Gasteiger partial charge in [-0.1, -0.05) is 36.9 Å². The van der Waals surface area contributed by atoms with Gasteiger partial charge in [-0.15, -0.1) is 10.2 Å². The van der Waals surface area contributed by atoms with E-state index in [1.165, 1.54) is 11.3 Å². The Labute approximate surface area is 160 Å². The minimum Gasteiger partial charge on any atom is -0.497 e. The summed E-state index contributed by atoms with van der Waals surface area (Å²) in [6.07, 6.45) is 0.185. The normalized spacial score (nSPS) is 17.0. The summed E-state index contributed by atoms with van der Waals surface area (Å²) in [7, 11) is 1.59. The molecule has 1 saturated heterocycles. The number of carbonyl (C=O) groups excluding carboxylic acids is 2. The van der Waals surface area contributed by atoms with Crippen molar-refractivity contribution in [3.63, 3.8) is 0 Å². The van der Waals surface area contributed by atoms with Crippen molar-refractivity contribution in [3.8, 4) is 5.75 Å². The molecule has 1 aromatic carbocycles. The smallest absolute Gasteiger partial charge is 0.231 e. The van der Waals surface area contributed by atoms with Crippen LogP contribution < -0.4 is 15.0 Å². The van der Waals surface area contributed by atoms with Crippen molar-refractivity contribution < 1.29 is 14.3 Å². The van der Waals surface area contributed by atoms with E-state index in [2.05, 4.69) is 29.4 Å². The molecule has 0 aliphatic carbocycles. The predicted molar refractivity (Wildman–Crippen MR) is 103 cm³/mol. The number of hydrogen-bond donors (Lipinski definition) is 1. The highest BCUT2D eigenvalue weighted by Gasteiger charge is 2.35. The molecule has 9 heteroatoms. The summed E-state index contributed by atoms with van der Waals surface area (Å²) in [6.45, 7) is 4.49. The fourth-order valence-corrected chi connectivity index (χ4v) is 4.59. The first-order valence-corrected chi connectivity index (χ1v) is 9.91. The van der Waals surface area contributed by atoms with Crippen LogP contribution in [0.4, 0.5) is 10.8 Å². The molecule has 0 spiro atoms. The van der Waals surface area contributed by atoms with E-state index in [1.54, 1.807) is 35.9 Å². The summed E-state index contributed by atoms with van der Waals surface area (Å²) in [5.74, 6) is 0.0472. The molecule has 138 valence electrons. The number of thioether (sulfide) groups is 1. The molecule has 0 saturated carbocycles. The Balaban J connectivity index is 1.62. The summed E-state index contributed by atoms with van der Waals surface area (Å²) in [6, 6.07) is 7.23. The summed E-state index contributed by atoms with van der Waals surface area (Å²) in [4.78, 5) is 26.4. The summed E-state index contributed by atoms with van der Waals surface area (Å²) in [5, 5.41) is 11.7. The van der Waals surface area contributed by atoms with Gasteiger partial charge in [0.1, 0.15) is 5.75 Å². The van der Waals surface area contributed by atoms with Gasteiger partial charge in [0.2, 0.25) is 16.9 Å². The van der Waals surface area contributed by atoms with Crippen LogP contribution in [0.3, 0.4) is 0 Å². The molecule has 2 heterocycles. The Morgan fingerprint density at radius 3 is 2.73 bits per heavy atom. The number of amides is 2. The molecular formula is C17H20N4O3S2. The number of aromatic nitrogens is 2. The topological polar surface area (TPSA) is 84.4 Å². The van der Waals surface area contributed by atoms with Gasteiger partial charge < -0.3 is 15.0 Å². The van der Waals surface area contributed by atoms with Crippen LogP contribution in [0.15, 0.2) is 28.6 Å². The number of methoxy groups -OCH3 is 1. The monoisotopic (exact) mass is 392 g/mol. The van der Waals surface area contributed by atoms with Crippen molar-refractivity contribution in [1.29, 1.82) is 0 Å². The summed E-state index contributed by atoms with van der Waals surface area (Å²) >= 11 is 2.95. The first-order valence-electron chi connectivity index (χ1n) is 8.21. The second kappa shape index (κ2) is 8.05. The van der Waals surface area contributed by atoms with E-state index in [1.807, 2.05) is 12.1 Å². The molecule has 2 amide bonds. The van der Waals surface area contributed by atoms with Crippen LogP contribution in [0.5, 0.6) is 5.75 Å². The Kier molecular flexibility index (Phi) is 5.77. The van der Waals surface area contributed by atoms with E-state index < -0.39 is 5.92 Å². The minimum absolute atomic E-state index is 0.0661. The average Bonchev–Trinajstić information content (AvgIpc) is 3.21. The molecule has 1 fully saturated rings. The van der Waals surface area contributed by atoms with E-state index in [-0.39, 0.29) is 18.2 Å². The maximum atomic E-state index is 12.5. The molecule has 1 aliphatic rings. The molecule has 1 N–H and O–H groups in total. The zero-order valence-corrected chi connectivity index (χ0v) is 16.4. The predicted octanol–water partition coefficient (Wildman–Crippen LogP) is 3.04. The highest BCUT2D eigenvalue weighted by molar-refractivity contribution is 8.01. The highest BCUT2D eigenvalue weighted by atomic mass is 32.2. The number of ether oxygens (including phenoxy) is 1. The van der Waals surface area contributed by atoms with Gasteiger partial charge in [0.05, 0.1) is 13.0 Å². The highest BCUT2D eigenvalue weighted by Crippen LogP contribution is 2.30.